The second-order valence-corrected chi connectivity index (χ2v) is 8.24. The van der Waals surface area contributed by atoms with Gasteiger partial charge in [0.1, 0.15) is 23.3 Å². The van der Waals surface area contributed by atoms with Gasteiger partial charge in [-0.3, -0.25) is 9.59 Å². The molecule has 0 heterocycles. The van der Waals surface area contributed by atoms with E-state index >= 15 is 0 Å². The van der Waals surface area contributed by atoms with E-state index in [-0.39, 0.29) is 25.0 Å². The monoisotopic (exact) mass is 496 g/mol. The van der Waals surface area contributed by atoms with Crippen LogP contribution in [-0.4, -0.2) is 50.6 Å². The molecule has 3 aromatic carbocycles. The number of halogens is 1. The number of nitrogens with one attached hydrogen (secondary N) is 1. The summed E-state index contributed by atoms with van der Waals surface area (Å²) in [5.74, 6) is 0.889. The minimum atomic E-state index is -0.742. The van der Waals surface area contributed by atoms with Crippen molar-refractivity contribution in [3.05, 3.63) is 88.9 Å². The number of amides is 2. The molecule has 3 aromatic rings. The average molecular weight is 497 g/mol. The molecule has 184 valence electrons. The SMILES string of the molecule is CNC(=O)[C@@H](Cc1ccccc1)N(Cc1ccc(Cl)cc1)C(=O)COc1cc(OC)cc(OC)c1. The molecule has 0 fully saturated rings. The lowest BCUT2D eigenvalue weighted by Crippen LogP contribution is -2.51. The molecule has 0 aliphatic carbocycles. The van der Waals surface area contributed by atoms with Gasteiger partial charge in [0.25, 0.3) is 5.91 Å². The standard InChI is InChI=1S/C27H29ClN2O5/c1-29-27(32)25(13-19-7-5-4-6-8-19)30(17-20-9-11-21(28)12-10-20)26(31)18-35-24-15-22(33-2)14-23(16-24)34-3/h4-12,14-16,25H,13,17-18H2,1-3H3,(H,29,32)/t25-/m1/s1. The van der Waals surface area contributed by atoms with E-state index in [1.807, 2.05) is 42.5 Å². The van der Waals surface area contributed by atoms with Crippen LogP contribution in [0.2, 0.25) is 5.02 Å². The minimum Gasteiger partial charge on any atom is -0.496 e. The fourth-order valence-corrected chi connectivity index (χ4v) is 3.73. The number of likely N-dealkylation sites (N-methyl/N-ethyl adjacent to an activating group) is 1. The lowest BCUT2D eigenvalue weighted by atomic mass is 10.0. The Labute approximate surface area is 210 Å². The molecule has 0 unspecified atom stereocenters. The predicted molar refractivity (Wildman–Crippen MR) is 135 cm³/mol. The fourth-order valence-electron chi connectivity index (χ4n) is 3.60. The lowest BCUT2D eigenvalue weighted by molar-refractivity contribution is -0.142. The first-order chi connectivity index (χ1) is 16.9. The summed E-state index contributed by atoms with van der Waals surface area (Å²) in [7, 11) is 4.63. The molecular formula is C27H29ClN2O5. The molecule has 3 rings (SSSR count). The third-order valence-electron chi connectivity index (χ3n) is 5.47. The van der Waals surface area contributed by atoms with Crippen molar-refractivity contribution in [2.75, 3.05) is 27.9 Å². The lowest BCUT2D eigenvalue weighted by Gasteiger charge is -2.31. The van der Waals surface area contributed by atoms with Gasteiger partial charge in [0.15, 0.2) is 6.61 Å². The molecule has 0 aliphatic heterocycles. The Morgan fingerprint density at radius 1 is 0.886 bits per heavy atom. The van der Waals surface area contributed by atoms with Crippen molar-refractivity contribution < 1.29 is 23.8 Å². The van der Waals surface area contributed by atoms with Crippen molar-refractivity contribution in [1.29, 1.82) is 0 Å². The van der Waals surface area contributed by atoms with Crippen LogP contribution in [0.25, 0.3) is 0 Å². The van der Waals surface area contributed by atoms with Gasteiger partial charge in [0.2, 0.25) is 5.91 Å². The average Bonchev–Trinajstić information content (AvgIpc) is 2.90. The van der Waals surface area contributed by atoms with Gasteiger partial charge < -0.3 is 24.4 Å². The minimum absolute atomic E-state index is 0.214. The molecule has 0 aromatic heterocycles. The zero-order valence-electron chi connectivity index (χ0n) is 20.0. The van der Waals surface area contributed by atoms with Crippen molar-refractivity contribution in [1.82, 2.24) is 10.2 Å². The van der Waals surface area contributed by atoms with Crippen molar-refractivity contribution >= 4 is 23.4 Å². The topological polar surface area (TPSA) is 77.1 Å². The Bertz CT molecular complexity index is 1100. The maximum atomic E-state index is 13.5. The number of benzene rings is 3. The highest BCUT2D eigenvalue weighted by molar-refractivity contribution is 6.30. The number of rotatable bonds is 11. The molecule has 8 heteroatoms. The summed E-state index contributed by atoms with van der Waals surface area (Å²) in [5, 5.41) is 3.28. The van der Waals surface area contributed by atoms with E-state index in [2.05, 4.69) is 5.32 Å². The maximum Gasteiger partial charge on any atom is 0.261 e. The van der Waals surface area contributed by atoms with Crippen LogP contribution in [0.15, 0.2) is 72.8 Å². The van der Waals surface area contributed by atoms with Crippen LogP contribution in [-0.2, 0) is 22.6 Å². The molecule has 35 heavy (non-hydrogen) atoms. The molecule has 0 saturated heterocycles. The van der Waals surface area contributed by atoms with Gasteiger partial charge in [-0.2, -0.15) is 0 Å². The number of nitrogens with zero attached hydrogens (tertiary/aromatic N) is 1. The number of carbonyl (C=O) groups is 2. The van der Waals surface area contributed by atoms with Crippen molar-refractivity contribution in [3.63, 3.8) is 0 Å². The summed E-state index contributed by atoms with van der Waals surface area (Å²) in [6.45, 7) is -0.0576. The van der Waals surface area contributed by atoms with Crippen LogP contribution >= 0.6 is 11.6 Å². The quantitative estimate of drug-likeness (QED) is 0.432. The highest BCUT2D eigenvalue weighted by atomic mass is 35.5. The van der Waals surface area contributed by atoms with E-state index in [0.717, 1.165) is 11.1 Å². The Morgan fingerprint density at radius 2 is 1.49 bits per heavy atom. The number of carbonyl (C=O) groups excluding carboxylic acids is 2. The third-order valence-corrected chi connectivity index (χ3v) is 5.72. The van der Waals surface area contributed by atoms with E-state index in [1.165, 1.54) is 19.1 Å². The van der Waals surface area contributed by atoms with E-state index in [4.69, 9.17) is 25.8 Å². The van der Waals surface area contributed by atoms with Crippen molar-refractivity contribution in [3.8, 4) is 17.2 Å². The molecule has 0 radical (unpaired) electrons. The van der Waals surface area contributed by atoms with E-state index in [0.29, 0.717) is 28.7 Å². The number of hydrogen-bond donors (Lipinski definition) is 1. The summed E-state index contributed by atoms with van der Waals surface area (Å²) in [4.78, 5) is 28.0. The Kier molecular flexibility index (Phi) is 9.38. The fraction of sp³-hybridized carbons (Fsp3) is 0.259. The van der Waals surface area contributed by atoms with E-state index in [1.54, 1.807) is 37.4 Å². The molecule has 0 spiro atoms. The van der Waals surface area contributed by atoms with Gasteiger partial charge in [0, 0.05) is 43.2 Å². The smallest absolute Gasteiger partial charge is 0.261 e. The first kappa shape index (κ1) is 25.9. The first-order valence-electron chi connectivity index (χ1n) is 11.1. The second kappa shape index (κ2) is 12.7. The first-order valence-corrected chi connectivity index (χ1v) is 11.5. The van der Waals surface area contributed by atoms with E-state index in [9.17, 15) is 9.59 Å². The molecule has 0 bridgehead atoms. The van der Waals surface area contributed by atoms with Gasteiger partial charge >= 0.3 is 0 Å². The molecule has 2 amide bonds. The summed E-state index contributed by atoms with van der Waals surface area (Å²) >= 11 is 6.04. The third kappa shape index (κ3) is 7.39. The van der Waals surface area contributed by atoms with Gasteiger partial charge in [-0.25, -0.2) is 0 Å². The zero-order chi connectivity index (χ0) is 25.2. The summed E-state index contributed by atoms with van der Waals surface area (Å²) < 4.78 is 16.3. The Hall–Kier alpha value is -3.71. The van der Waals surface area contributed by atoms with Crippen LogP contribution in [0.4, 0.5) is 0 Å². The zero-order valence-corrected chi connectivity index (χ0v) is 20.7. The molecule has 1 atom stereocenters. The molecule has 7 nitrogen and oxygen atoms in total. The molecular weight excluding hydrogens is 468 g/mol. The normalized spacial score (nSPS) is 11.3. The largest absolute Gasteiger partial charge is 0.496 e. The highest BCUT2D eigenvalue weighted by Crippen LogP contribution is 2.27. The highest BCUT2D eigenvalue weighted by Gasteiger charge is 2.30. The Balaban J connectivity index is 1.87. The predicted octanol–water partition coefficient (Wildman–Crippen LogP) is 4.12. The molecule has 0 saturated carbocycles. The van der Waals surface area contributed by atoms with Gasteiger partial charge in [-0.1, -0.05) is 54.1 Å². The van der Waals surface area contributed by atoms with E-state index < -0.39 is 6.04 Å². The summed E-state index contributed by atoms with van der Waals surface area (Å²) in [5.41, 5.74) is 1.78. The number of ether oxygens (including phenoxy) is 3. The van der Waals surface area contributed by atoms with Crippen LogP contribution in [0.1, 0.15) is 11.1 Å². The maximum absolute atomic E-state index is 13.5. The molecule has 1 N–H and O–H groups in total. The second-order valence-electron chi connectivity index (χ2n) is 7.80. The number of methoxy groups -OCH3 is 2. The molecule has 0 aliphatic rings. The van der Waals surface area contributed by atoms with Gasteiger partial charge in [-0.15, -0.1) is 0 Å². The van der Waals surface area contributed by atoms with Gasteiger partial charge in [0.05, 0.1) is 14.2 Å². The van der Waals surface area contributed by atoms with Crippen LogP contribution in [0.3, 0.4) is 0 Å². The van der Waals surface area contributed by atoms with Crippen molar-refractivity contribution in [2.24, 2.45) is 0 Å². The van der Waals surface area contributed by atoms with Crippen molar-refractivity contribution in [2.45, 2.75) is 19.0 Å². The van der Waals surface area contributed by atoms with Crippen LogP contribution in [0.5, 0.6) is 17.2 Å². The van der Waals surface area contributed by atoms with Crippen LogP contribution in [0, 0.1) is 0 Å². The Morgan fingerprint density at radius 3 is 2.06 bits per heavy atom. The summed E-state index contributed by atoms with van der Waals surface area (Å²) in [6.07, 6.45) is 0.354. The summed E-state index contributed by atoms with van der Waals surface area (Å²) in [6, 6.07) is 21.1. The van der Waals surface area contributed by atoms with Crippen LogP contribution < -0.4 is 19.5 Å². The van der Waals surface area contributed by atoms with Gasteiger partial charge in [-0.05, 0) is 23.3 Å². The number of hydrogen-bond acceptors (Lipinski definition) is 5.